The average Bonchev–Trinajstić information content (AvgIpc) is 3.13. The minimum absolute atomic E-state index is 0.0619. The third kappa shape index (κ3) is 3.91. The maximum atomic E-state index is 13.0. The van der Waals surface area contributed by atoms with Gasteiger partial charge in [0.1, 0.15) is 6.07 Å². The third-order valence-electron chi connectivity index (χ3n) is 4.06. The number of aromatic nitrogens is 1. The molecule has 2 aromatic rings. The highest BCUT2D eigenvalue weighted by molar-refractivity contribution is 8.27. The fourth-order valence-corrected chi connectivity index (χ4v) is 4.11. The van der Waals surface area contributed by atoms with Crippen molar-refractivity contribution in [2.24, 2.45) is 0 Å². The molecule has 8 heteroatoms. The van der Waals surface area contributed by atoms with Gasteiger partial charge in [-0.05, 0) is 68.9 Å². The van der Waals surface area contributed by atoms with Crippen LogP contribution >= 0.6 is 24.0 Å². The molecule has 1 aromatic carbocycles. The van der Waals surface area contributed by atoms with E-state index in [1.165, 1.54) is 16.8 Å². The summed E-state index contributed by atoms with van der Waals surface area (Å²) >= 11 is 6.71. The number of rotatable bonds is 6. The number of thioether (sulfide) groups is 1. The normalized spacial score (nSPS) is 15.2. The minimum Gasteiger partial charge on any atom is -0.490 e. The summed E-state index contributed by atoms with van der Waals surface area (Å²) in [6, 6.07) is 11.2. The highest BCUT2D eigenvalue weighted by Crippen LogP contribution is 2.35. The Hall–Kier alpha value is -2.76. The van der Waals surface area contributed by atoms with Gasteiger partial charge in [0.2, 0.25) is 0 Å². The van der Waals surface area contributed by atoms with Crippen molar-refractivity contribution in [3.8, 4) is 17.6 Å². The number of carbonyl (C=O) groups is 1. The summed E-state index contributed by atoms with van der Waals surface area (Å²) in [6.45, 7) is 6.13. The number of amides is 1. The van der Waals surface area contributed by atoms with Crippen LogP contribution in [0.15, 0.2) is 35.2 Å². The predicted molar refractivity (Wildman–Crippen MR) is 114 cm³/mol. The van der Waals surface area contributed by atoms with E-state index in [2.05, 4.69) is 0 Å². The summed E-state index contributed by atoms with van der Waals surface area (Å²) in [5.74, 6) is 0.853. The van der Waals surface area contributed by atoms with Gasteiger partial charge in [0, 0.05) is 11.4 Å². The molecule has 1 amide bonds. The van der Waals surface area contributed by atoms with Crippen LogP contribution < -0.4 is 14.5 Å². The van der Waals surface area contributed by atoms with Crippen molar-refractivity contribution in [1.82, 2.24) is 4.68 Å². The lowest BCUT2D eigenvalue weighted by molar-refractivity contribution is -0.114. The molecule has 0 atom stereocenters. The smallest absolute Gasteiger partial charge is 0.285 e. The fraction of sp³-hybridized carbons (Fsp3) is 0.250. The van der Waals surface area contributed by atoms with Gasteiger partial charge in [-0.15, -0.1) is 0 Å². The average molecular weight is 414 g/mol. The molecule has 0 radical (unpaired) electrons. The number of ether oxygens (including phenoxy) is 2. The summed E-state index contributed by atoms with van der Waals surface area (Å²) < 4.78 is 13.3. The summed E-state index contributed by atoms with van der Waals surface area (Å²) in [4.78, 5) is 13.5. The van der Waals surface area contributed by atoms with Crippen molar-refractivity contribution >= 4 is 40.3 Å². The van der Waals surface area contributed by atoms with Gasteiger partial charge < -0.3 is 9.47 Å². The maximum Gasteiger partial charge on any atom is 0.285 e. The Morgan fingerprint density at radius 1 is 1.18 bits per heavy atom. The van der Waals surface area contributed by atoms with Gasteiger partial charge in [0.15, 0.2) is 22.4 Å². The van der Waals surface area contributed by atoms with E-state index < -0.39 is 0 Å². The van der Waals surface area contributed by atoms with Crippen molar-refractivity contribution in [3.05, 3.63) is 52.2 Å². The van der Waals surface area contributed by atoms with E-state index in [4.69, 9.17) is 27.0 Å². The number of benzene rings is 1. The Balaban J connectivity index is 1.91. The molecule has 1 fully saturated rings. The van der Waals surface area contributed by atoms with Crippen molar-refractivity contribution in [2.45, 2.75) is 20.8 Å². The second kappa shape index (κ2) is 8.50. The molecule has 144 valence electrons. The Kier molecular flexibility index (Phi) is 6.07. The van der Waals surface area contributed by atoms with Crippen LogP contribution in [-0.2, 0) is 4.79 Å². The highest BCUT2D eigenvalue weighted by atomic mass is 32.2. The molecule has 1 aliphatic heterocycles. The standard InChI is InChI=1S/C20H19N3O3S2/c1-4-25-17-11-15(7-8-16(17)26-10-9-21)12-18-19(24)23(20(27)28-18)22-13(2)5-6-14(22)3/h5-8,11-12H,4,10H2,1-3H3/b18-12-. The van der Waals surface area contributed by atoms with Gasteiger partial charge in [-0.25, -0.2) is 0 Å². The van der Waals surface area contributed by atoms with Gasteiger partial charge >= 0.3 is 0 Å². The lowest BCUT2D eigenvalue weighted by atomic mass is 10.2. The SMILES string of the molecule is CCOc1cc(/C=C2\SC(=S)N(n3c(C)ccc3C)C2=O)ccc1OCC#N. The van der Waals surface area contributed by atoms with Crippen LogP contribution in [0.1, 0.15) is 23.9 Å². The molecule has 3 rings (SSSR count). The molecule has 0 saturated carbocycles. The molecule has 0 aliphatic carbocycles. The molecular weight excluding hydrogens is 394 g/mol. The lowest BCUT2D eigenvalue weighted by Gasteiger charge is -2.20. The van der Waals surface area contributed by atoms with Crippen LogP contribution in [0.5, 0.6) is 11.5 Å². The molecule has 1 aliphatic rings. The molecule has 0 unspecified atom stereocenters. The van der Waals surface area contributed by atoms with Crippen LogP contribution in [0.25, 0.3) is 6.08 Å². The molecule has 0 bridgehead atoms. The van der Waals surface area contributed by atoms with E-state index in [1.54, 1.807) is 18.2 Å². The first kappa shape index (κ1) is 20.0. The number of nitrogens with zero attached hydrogens (tertiary/aromatic N) is 3. The van der Waals surface area contributed by atoms with Gasteiger partial charge in [0.05, 0.1) is 11.5 Å². The first-order valence-corrected chi connectivity index (χ1v) is 9.88. The van der Waals surface area contributed by atoms with Crippen molar-refractivity contribution in [1.29, 1.82) is 5.26 Å². The first-order valence-electron chi connectivity index (χ1n) is 8.66. The first-order chi connectivity index (χ1) is 13.5. The second-order valence-corrected chi connectivity index (χ2v) is 7.68. The quantitative estimate of drug-likeness (QED) is 0.528. The van der Waals surface area contributed by atoms with Crippen molar-refractivity contribution in [2.75, 3.05) is 18.2 Å². The van der Waals surface area contributed by atoms with Crippen LogP contribution in [0.2, 0.25) is 0 Å². The molecular formula is C20H19N3O3S2. The van der Waals surface area contributed by atoms with Gasteiger partial charge in [-0.3, -0.25) is 9.47 Å². The molecule has 2 heterocycles. The number of hydrogen-bond acceptors (Lipinski definition) is 6. The topological polar surface area (TPSA) is 67.5 Å². The van der Waals surface area contributed by atoms with E-state index in [0.29, 0.717) is 27.3 Å². The van der Waals surface area contributed by atoms with Crippen LogP contribution in [0.3, 0.4) is 0 Å². The van der Waals surface area contributed by atoms with Gasteiger partial charge in [0.25, 0.3) is 5.91 Å². The number of aryl methyl sites for hydroxylation is 2. The van der Waals surface area contributed by atoms with E-state index >= 15 is 0 Å². The third-order valence-corrected chi connectivity index (χ3v) is 5.35. The molecule has 1 saturated heterocycles. The highest BCUT2D eigenvalue weighted by Gasteiger charge is 2.34. The number of hydrogen-bond donors (Lipinski definition) is 0. The van der Waals surface area contributed by atoms with E-state index in [-0.39, 0.29) is 12.5 Å². The Labute approximate surface area is 173 Å². The zero-order chi connectivity index (χ0) is 20.3. The van der Waals surface area contributed by atoms with Crippen LogP contribution in [-0.4, -0.2) is 28.1 Å². The Bertz CT molecular complexity index is 985. The summed E-state index contributed by atoms with van der Waals surface area (Å²) in [5, 5.41) is 10.2. The van der Waals surface area contributed by atoms with Crippen LogP contribution in [0.4, 0.5) is 0 Å². The van der Waals surface area contributed by atoms with Gasteiger partial charge in [-0.1, -0.05) is 17.8 Å². The molecule has 0 spiro atoms. The fourth-order valence-electron chi connectivity index (χ4n) is 2.87. The Morgan fingerprint density at radius 3 is 2.54 bits per heavy atom. The minimum atomic E-state index is -0.167. The zero-order valence-electron chi connectivity index (χ0n) is 15.8. The largest absolute Gasteiger partial charge is 0.490 e. The van der Waals surface area contributed by atoms with Crippen LogP contribution in [0, 0.1) is 25.2 Å². The summed E-state index contributed by atoms with van der Waals surface area (Å²) in [6.07, 6.45) is 1.78. The molecule has 28 heavy (non-hydrogen) atoms. The monoisotopic (exact) mass is 413 g/mol. The Morgan fingerprint density at radius 2 is 1.89 bits per heavy atom. The number of nitriles is 1. The summed E-state index contributed by atoms with van der Waals surface area (Å²) in [7, 11) is 0. The maximum absolute atomic E-state index is 13.0. The zero-order valence-corrected chi connectivity index (χ0v) is 17.4. The molecule has 1 aromatic heterocycles. The second-order valence-electron chi connectivity index (χ2n) is 6.01. The number of thiocarbonyl (C=S) groups is 1. The predicted octanol–water partition coefficient (Wildman–Crippen LogP) is 3.94. The van der Waals surface area contributed by atoms with Crippen molar-refractivity contribution < 1.29 is 14.3 Å². The van der Waals surface area contributed by atoms with Crippen molar-refractivity contribution in [3.63, 3.8) is 0 Å². The molecule has 6 nitrogen and oxygen atoms in total. The molecule has 0 N–H and O–H groups in total. The lowest BCUT2D eigenvalue weighted by Crippen LogP contribution is -2.39. The van der Waals surface area contributed by atoms with E-state index in [1.807, 2.05) is 49.7 Å². The van der Waals surface area contributed by atoms with E-state index in [0.717, 1.165) is 17.0 Å². The van der Waals surface area contributed by atoms with Gasteiger partial charge in [-0.2, -0.15) is 10.3 Å². The summed E-state index contributed by atoms with van der Waals surface area (Å²) in [5.41, 5.74) is 2.66. The number of carbonyl (C=O) groups excluding carboxylic acids is 1. The van der Waals surface area contributed by atoms with E-state index in [9.17, 15) is 4.79 Å².